The first-order chi connectivity index (χ1) is 12.6. The Morgan fingerprint density at radius 2 is 1.78 bits per heavy atom. The minimum absolute atomic E-state index is 0. The summed E-state index contributed by atoms with van der Waals surface area (Å²) in [5, 5.41) is 6.44. The van der Waals surface area contributed by atoms with Gasteiger partial charge >= 0.3 is 0 Å². The number of aryl methyl sites for hydroxylation is 1. The Morgan fingerprint density at radius 3 is 2.44 bits per heavy atom. The molecule has 150 valence electrons. The molecule has 0 unspecified atom stereocenters. The van der Waals surface area contributed by atoms with Gasteiger partial charge in [0.25, 0.3) is 5.91 Å². The van der Waals surface area contributed by atoms with Gasteiger partial charge in [-0.05, 0) is 31.4 Å². The number of amides is 2. The summed E-state index contributed by atoms with van der Waals surface area (Å²) in [5.74, 6) is 0.289. The van der Waals surface area contributed by atoms with E-state index in [4.69, 9.17) is 0 Å². The van der Waals surface area contributed by atoms with E-state index < -0.39 is 0 Å². The highest BCUT2D eigenvalue weighted by atomic mass is 35.5. The molecule has 27 heavy (non-hydrogen) atoms. The molecule has 2 heterocycles. The van der Waals surface area contributed by atoms with E-state index in [0.717, 1.165) is 69.8 Å². The molecule has 0 aliphatic carbocycles. The highest BCUT2D eigenvalue weighted by molar-refractivity contribution is 5.95. The van der Waals surface area contributed by atoms with Crippen LogP contribution in [0.1, 0.15) is 35.2 Å². The van der Waals surface area contributed by atoms with E-state index in [9.17, 15) is 9.59 Å². The van der Waals surface area contributed by atoms with Gasteiger partial charge in [-0.2, -0.15) is 0 Å². The van der Waals surface area contributed by atoms with Crippen LogP contribution >= 0.6 is 12.4 Å². The second-order valence-corrected chi connectivity index (χ2v) is 7.29. The first-order valence-corrected chi connectivity index (χ1v) is 9.71. The normalized spacial score (nSPS) is 18.6. The number of hydrogen-bond donors (Lipinski definition) is 2. The van der Waals surface area contributed by atoms with E-state index in [1.807, 2.05) is 36.1 Å². The van der Waals surface area contributed by atoms with E-state index in [0.29, 0.717) is 6.42 Å². The van der Waals surface area contributed by atoms with Crippen molar-refractivity contribution in [2.24, 2.45) is 0 Å². The third kappa shape index (κ3) is 6.19. The fourth-order valence-electron chi connectivity index (χ4n) is 3.72. The van der Waals surface area contributed by atoms with Crippen molar-refractivity contribution < 1.29 is 9.59 Å². The van der Waals surface area contributed by atoms with Crippen LogP contribution in [0.25, 0.3) is 0 Å². The number of carbonyl (C=O) groups excluding carboxylic acids is 2. The summed E-state index contributed by atoms with van der Waals surface area (Å²) in [4.78, 5) is 29.0. The Bertz CT molecular complexity index is 626. The number of halogens is 1. The standard InChI is InChI=1S/C20H30N4O2.ClH/c1-16-4-2-3-5-18(16)20(26)22-17-6-11-23(12-7-17)13-8-19(25)24-14-9-21-10-15-24;/h2-5,17,21H,6-15H2,1H3,(H,22,26);1H. The number of piperidine rings is 1. The lowest BCUT2D eigenvalue weighted by Crippen LogP contribution is -2.48. The molecule has 0 atom stereocenters. The highest BCUT2D eigenvalue weighted by Gasteiger charge is 2.23. The van der Waals surface area contributed by atoms with Gasteiger partial charge in [-0.3, -0.25) is 9.59 Å². The molecule has 2 aliphatic rings. The van der Waals surface area contributed by atoms with Crippen molar-refractivity contribution in [3.8, 4) is 0 Å². The van der Waals surface area contributed by atoms with E-state index in [1.54, 1.807) is 0 Å². The quantitative estimate of drug-likeness (QED) is 0.793. The van der Waals surface area contributed by atoms with Crippen molar-refractivity contribution in [2.75, 3.05) is 45.8 Å². The van der Waals surface area contributed by atoms with Crippen LogP contribution in [0.4, 0.5) is 0 Å². The van der Waals surface area contributed by atoms with Crippen LogP contribution in [-0.2, 0) is 4.79 Å². The molecule has 0 saturated carbocycles. The van der Waals surface area contributed by atoms with Crippen LogP contribution < -0.4 is 10.6 Å². The van der Waals surface area contributed by atoms with Crippen LogP contribution in [0.15, 0.2) is 24.3 Å². The van der Waals surface area contributed by atoms with Crippen molar-refractivity contribution in [2.45, 2.75) is 32.2 Å². The molecule has 3 rings (SSSR count). The molecule has 0 bridgehead atoms. The van der Waals surface area contributed by atoms with Gasteiger partial charge in [-0.15, -0.1) is 12.4 Å². The van der Waals surface area contributed by atoms with Crippen LogP contribution in [0.3, 0.4) is 0 Å². The van der Waals surface area contributed by atoms with Gasteiger partial charge in [-0.1, -0.05) is 18.2 Å². The fraction of sp³-hybridized carbons (Fsp3) is 0.600. The van der Waals surface area contributed by atoms with Crippen molar-refractivity contribution in [1.29, 1.82) is 0 Å². The molecule has 2 N–H and O–H groups in total. The summed E-state index contributed by atoms with van der Waals surface area (Å²) in [5.41, 5.74) is 1.77. The third-order valence-electron chi connectivity index (χ3n) is 5.42. The van der Waals surface area contributed by atoms with E-state index >= 15 is 0 Å². The lowest BCUT2D eigenvalue weighted by atomic mass is 10.0. The maximum atomic E-state index is 12.4. The van der Waals surface area contributed by atoms with Crippen LogP contribution in [0.5, 0.6) is 0 Å². The molecule has 1 aromatic rings. The monoisotopic (exact) mass is 394 g/mol. The van der Waals surface area contributed by atoms with Gasteiger partial charge in [-0.25, -0.2) is 0 Å². The molecule has 7 heteroatoms. The highest BCUT2D eigenvalue weighted by Crippen LogP contribution is 2.13. The van der Waals surface area contributed by atoms with Gasteiger partial charge in [0.2, 0.25) is 5.91 Å². The van der Waals surface area contributed by atoms with Gasteiger partial charge in [0.15, 0.2) is 0 Å². The second-order valence-electron chi connectivity index (χ2n) is 7.29. The zero-order chi connectivity index (χ0) is 18.4. The number of likely N-dealkylation sites (tertiary alicyclic amines) is 1. The van der Waals surface area contributed by atoms with Gasteiger partial charge in [0.1, 0.15) is 0 Å². The number of nitrogens with one attached hydrogen (secondary N) is 2. The van der Waals surface area contributed by atoms with Crippen LogP contribution in [-0.4, -0.2) is 73.5 Å². The summed E-state index contributed by atoms with van der Waals surface area (Å²) in [6.07, 6.45) is 2.49. The molecule has 2 amide bonds. The number of piperazine rings is 1. The van der Waals surface area contributed by atoms with Crippen molar-refractivity contribution in [1.82, 2.24) is 20.4 Å². The molecule has 0 radical (unpaired) electrons. The molecule has 2 saturated heterocycles. The molecule has 0 aromatic heterocycles. The maximum Gasteiger partial charge on any atom is 0.251 e. The lowest BCUT2D eigenvalue weighted by Gasteiger charge is -2.33. The number of benzene rings is 1. The summed E-state index contributed by atoms with van der Waals surface area (Å²) < 4.78 is 0. The lowest BCUT2D eigenvalue weighted by molar-refractivity contribution is -0.132. The average molecular weight is 395 g/mol. The Balaban J connectivity index is 0.00000261. The van der Waals surface area contributed by atoms with E-state index in [1.165, 1.54) is 0 Å². The zero-order valence-corrected chi connectivity index (χ0v) is 16.9. The number of carbonyl (C=O) groups is 2. The summed E-state index contributed by atoms with van der Waals surface area (Å²) >= 11 is 0. The van der Waals surface area contributed by atoms with E-state index in [2.05, 4.69) is 15.5 Å². The Kier molecular flexibility index (Phi) is 8.54. The Labute approximate surface area is 168 Å². The number of nitrogens with zero attached hydrogens (tertiary/aromatic N) is 2. The largest absolute Gasteiger partial charge is 0.349 e. The molecule has 2 fully saturated rings. The van der Waals surface area contributed by atoms with Crippen molar-refractivity contribution in [3.05, 3.63) is 35.4 Å². The first kappa shape index (κ1) is 21.7. The molecule has 1 aromatic carbocycles. The van der Waals surface area contributed by atoms with Crippen LogP contribution in [0, 0.1) is 6.92 Å². The predicted octanol–water partition coefficient (Wildman–Crippen LogP) is 1.43. The third-order valence-corrected chi connectivity index (χ3v) is 5.42. The fourth-order valence-corrected chi connectivity index (χ4v) is 3.72. The predicted molar refractivity (Wildman–Crippen MR) is 109 cm³/mol. The number of rotatable bonds is 5. The molecular weight excluding hydrogens is 364 g/mol. The molecule has 6 nitrogen and oxygen atoms in total. The average Bonchev–Trinajstić information content (AvgIpc) is 2.68. The van der Waals surface area contributed by atoms with Crippen molar-refractivity contribution >= 4 is 24.2 Å². The number of hydrogen-bond acceptors (Lipinski definition) is 4. The summed E-state index contributed by atoms with van der Waals surface area (Å²) in [6, 6.07) is 7.92. The minimum atomic E-state index is 0. The van der Waals surface area contributed by atoms with Gasteiger partial charge in [0.05, 0.1) is 0 Å². The van der Waals surface area contributed by atoms with Gasteiger partial charge in [0, 0.05) is 63.8 Å². The van der Waals surface area contributed by atoms with E-state index in [-0.39, 0.29) is 30.3 Å². The Hall–Kier alpha value is -1.63. The summed E-state index contributed by atoms with van der Waals surface area (Å²) in [7, 11) is 0. The topological polar surface area (TPSA) is 64.7 Å². The Morgan fingerprint density at radius 1 is 1.11 bits per heavy atom. The molecule has 0 spiro atoms. The first-order valence-electron chi connectivity index (χ1n) is 9.71. The molecule has 2 aliphatic heterocycles. The molecular formula is C20H31ClN4O2. The van der Waals surface area contributed by atoms with Crippen LogP contribution in [0.2, 0.25) is 0 Å². The SMILES string of the molecule is Cc1ccccc1C(=O)NC1CCN(CCC(=O)N2CCNCC2)CC1.Cl. The smallest absolute Gasteiger partial charge is 0.251 e. The zero-order valence-electron chi connectivity index (χ0n) is 16.1. The van der Waals surface area contributed by atoms with Crippen molar-refractivity contribution in [3.63, 3.8) is 0 Å². The van der Waals surface area contributed by atoms with Gasteiger partial charge < -0.3 is 20.4 Å². The summed E-state index contributed by atoms with van der Waals surface area (Å²) in [6.45, 7) is 8.11. The minimum Gasteiger partial charge on any atom is -0.349 e. The second kappa shape index (κ2) is 10.6. The maximum absolute atomic E-state index is 12.4.